The summed E-state index contributed by atoms with van der Waals surface area (Å²) in [4.78, 5) is 0. The van der Waals surface area contributed by atoms with Gasteiger partial charge >= 0.3 is 0 Å². The number of benzene rings is 11. The standard InChI is InChI=1S/C66H45N3Si/c1-5-21-46(22-6-1)68-62-37-18-15-31-58(62)65-55(32-20-38-64(65)68)57-34-19-33-56-53-29-13-17-36-61(53)69(66(56)57)48-41-44-63-59(45-48)54-30-14-16-35-60(54)67(63)47-39-42-52(43-40-47)70(49-23-7-2-8-24-49,50-25-9-3-10-26-50)51-27-11-4-12-28-51/h1-45H. The number of nitrogens with zero attached hydrogens (tertiary/aromatic N) is 3. The van der Waals surface area contributed by atoms with Crippen LogP contribution in [0, 0.1) is 0 Å². The summed E-state index contributed by atoms with van der Waals surface area (Å²) in [6, 6.07) is 101. The Bertz CT molecular complexity index is 4170. The van der Waals surface area contributed by atoms with Gasteiger partial charge in [0.25, 0.3) is 0 Å². The summed E-state index contributed by atoms with van der Waals surface area (Å²) in [6.07, 6.45) is 0. The van der Waals surface area contributed by atoms with Gasteiger partial charge in [-0.3, -0.25) is 0 Å². The Labute approximate surface area is 407 Å². The molecular formula is C66H45N3Si. The summed E-state index contributed by atoms with van der Waals surface area (Å²) < 4.78 is 7.38. The highest BCUT2D eigenvalue weighted by molar-refractivity contribution is 7.19. The third-order valence-corrected chi connectivity index (χ3v) is 19.6. The third-order valence-electron chi connectivity index (χ3n) is 14.8. The van der Waals surface area contributed by atoms with Crippen molar-refractivity contribution < 1.29 is 0 Å². The Morgan fingerprint density at radius 2 is 0.629 bits per heavy atom. The van der Waals surface area contributed by atoms with Gasteiger partial charge in [-0.05, 0) is 93.0 Å². The Balaban J connectivity index is 0.971. The highest BCUT2D eigenvalue weighted by Gasteiger charge is 2.41. The summed E-state index contributed by atoms with van der Waals surface area (Å²) in [5, 5.41) is 12.9. The lowest BCUT2D eigenvalue weighted by Gasteiger charge is -2.34. The van der Waals surface area contributed by atoms with Gasteiger partial charge in [-0.1, -0.05) is 206 Å². The van der Waals surface area contributed by atoms with Crippen LogP contribution in [-0.4, -0.2) is 21.8 Å². The second kappa shape index (κ2) is 16.1. The predicted octanol–water partition coefficient (Wildman–Crippen LogP) is 14.0. The van der Waals surface area contributed by atoms with Crippen molar-refractivity contribution in [3.05, 3.63) is 273 Å². The van der Waals surface area contributed by atoms with E-state index >= 15 is 0 Å². The van der Waals surface area contributed by atoms with Gasteiger partial charge in [0.2, 0.25) is 0 Å². The number of rotatable bonds is 8. The first-order valence-corrected chi connectivity index (χ1v) is 26.2. The van der Waals surface area contributed by atoms with Crippen molar-refractivity contribution in [3.63, 3.8) is 0 Å². The van der Waals surface area contributed by atoms with Crippen LogP contribution in [0.4, 0.5) is 0 Å². The highest BCUT2D eigenvalue weighted by Crippen LogP contribution is 2.44. The van der Waals surface area contributed by atoms with Crippen LogP contribution in [0.5, 0.6) is 0 Å². The topological polar surface area (TPSA) is 14.8 Å². The van der Waals surface area contributed by atoms with Crippen LogP contribution in [0.15, 0.2) is 273 Å². The third kappa shape index (κ3) is 5.94. The van der Waals surface area contributed by atoms with Crippen molar-refractivity contribution in [2.24, 2.45) is 0 Å². The fourth-order valence-electron chi connectivity index (χ4n) is 11.9. The molecule has 0 saturated carbocycles. The monoisotopic (exact) mass is 907 g/mol. The van der Waals surface area contributed by atoms with E-state index in [-0.39, 0.29) is 0 Å². The molecule has 0 aliphatic heterocycles. The molecule has 0 bridgehead atoms. The quantitative estimate of drug-likeness (QED) is 0.107. The first-order chi connectivity index (χ1) is 34.8. The molecule has 14 rings (SSSR count). The molecule has 0 aliphatic rings. The van der Waals surface area contributed by atoms with Gasteiger partial charge in [-0.25, -0.2) is 0 Å². The van der Waals surface area contributed by atoms with Crippen molar-refractivity contribution in [3.8, 4) is 28.2 Å². The number of hydrogen-bond acceptors (Lipinski definition) is 0. The van der Waals surface area contributed by atoms with Gasteiger partial charge < -0.3 is 13.7 Å². The molecule has 3 heterocycles. The lowest BCUT2D eigenvalue weighted by atomic mass is 9.97. The van der Waals surface area contributed by atoms with E-state index in [4.69, 9.17) is 0 Å². The van der Waals surface area contributed by atoms with Crippen molar-refractivity contribution in [1.29, 1.82) is 0 Å². The summed E-state index contributed by atoms with van der Waals surface area (Å²) in [7, 11) is -2.68. The fourth-order valence-corrected chi connectivity index (χ4v) is 16.7. The Morgan fingerprint density at radius 1 is 0.229 bits per heavy atom. The van der Waals surface area contributed by atoms with Crippen molar-refractivity contribution >= 4 is 94.2 Å². The zero-order valence-electron chi connectivity index (χ0n) is 38.3. The second-order valence-corrected chi connectivity index (χ2v) is 22.2. The van der Waals surface area contributed by atoms with Crippen LogP contribution in [-0.2, 0) is 0 Å². The molecule has 0 amide bonds. The molecule has 328 valence electrons. The average Bonchev–Trinajstić information content (AvgIpc) is 4.08. The molecule has 3 aromatic heterocycles. The van der Waals surface area contributed by atoms with Crippen LogP contribution < -0.4 is 20.7 Å². The lowest BCUT2D eigenvalue weighted by molar-refractivity contribution is 1.17. The van der Waals surface area contributed by atoms with Crippen LogP contribution in [0.1, 0.15) is 0 Å². The maximum absolute atomic E-state index is 2.68. The lowest BCUT2D eigenvalue weighted by Crippen LogP contribution is -2.74. The first-order valence-electron chi connectivity index (χ1n) is 24.2. The highest BCUT2D eigenvalue weighted by atomic mass is 28.3. The van der Waals surface area contributed by atoms with Crippen LogP contribution >= 0.6 is 0 Å². The van der Waals surface area contributed by atoms with Gasteiger partial charge in [-0.2, -0.15) is 0 Å². The second-order valence-electron chi connectivity index (χ2n) is 18.4. The smallest absolute Gasteiger partial charge is 0.179 e. The molecule has 0 aliphatic carbocycles. The summed E-state index contributed by atoms with van der Waals surface area (Å²) >= 11 is 0. The van der Waals surface area contributed by atoms with E-state index in [2.05, 4.69) is 287 Å². The van der Waals surface area contributed by atoms with E-state index in [1.54, 1.807) is 0 Å². The van der Waals surface area contributed by atoms with Crippen LogP contribution in [0.25, 0.3) is 93.6 Å². The maximum atomic E-state index is 2.51. The molecule has 3 nitrogen and oxygen atoms in total. The molecule has 0 radical (unpaired) electrons. The largest absolute Gasteiger partial charge is 0.309 e. The minimum atomic E-state index is -2.68. The number of hydrogen-bond donors (Lipinski definition) is 0. The molecule has 0 unspecified atom stereocenters. The summed E-state index contributed by atoms with van der Waals surface area (Å²) in [5.74, 6) is 0. The normalized spacial score (nSPS) is 12.0. The van der Waals surface area contributed by atoms with E-state index in [1.807, 2.05) is 0 Å². The average molecular weight is 908 g/mol. The van der Waals surface area contributed by atoms with Crippen LogP contribution in [0.3, 0.4) is 0 Å². The van der Waals surface area contributed by atoms with Gasteiger partial charge in [0.05, 0.1) is 33.1 Å². The van der Waals surface area contributed by atoms with Gasteiger partial charge in [0.1, 0.15) is 0 Å². The van der Waals surface area contributed by atoms with E-state index < -0.39 is 8.07 Å². The Hall–Kier alpha value is -8.96. The molecule has 0 spiro atoms. The number of fused-ring (bicyclic) bond motifs is 9. The molecular weight excluding hydrogens is 863 g/mol. The summed E-state index contributed by atoms with van der Waals surface area (Å²) in [6.45, 7) is 0. The molecule has 70 heavy (non-hydrogen) atoms. The fraction of sp³-hybridized carbons (Fsp3) is 0. The molecule has 11 aromatic carbocycles. The van der Waals surface area contributed by atoms with E-state index in [0.717, 1.165) is 17.1 Å². The number of para-hydroxylation sites is 5. The molecule has 0 fully saturated rings. The van der Waals surface area contributed by atoms with Crippen molar-refractivity contribution in [2.45, 2.75) is 0 Å². The van der Waals surface area contributed by atoms with E-state index in [0.29, 0.717) is 0 Å². The van der Waals surface area contributed by atoms with E-state index in [9.17, 15) is 0 Å². The predicted molar refractivity (Wildman–Crippen MR) is 299 cm³/mol. The van der Waals surface area contributed by atoms with Crippen molar-refractivity contribution in [1.82, 2.24) is 13.7 Å². The minimum Gasteiger partial charge on any atom is -0.309 e. The Kier molecular flexibility index (Phi) is 9.23. The van der Waals surface area contributed by atoms with Gasteiger partial charge in [-0.15, -0.1) is 0 Å². The zero-order valence-corrected chi connectivity index (χ0v) is 39.3. The molecule has 4 heteroatoms. The maximum Gasteiger partial charge on any atom is 0.179 e. The SMILES string of the molecule is c1ccc(-n2c3ccccc3c3c(-c4cccc5c6ccccc6n(-c6ccc7c(c6)c6ccccc6n7-c6ccc([Si](c7ccccc7)(c7ccccc7)c7ccccc7)cc6)c45)cccc32)cc1. The van der Waals surface area contributed by atoms with Crippen LogP contribution in [0.2, 0.25) is 0 Å². The molecule has 14 aromatic rings. The number of aromatic nitrogens is 3. The van der Waals surface area contributed by atoms with Crippen molar-refractivity contribution in [2.75, 3.05) is 0 Å². The molecule has 0 atom stereocenters. The van der Waals surface area contributed by atoms with Gasteiger partial charge in [0.15, 0.2) is 8.07 Å². The minimum absolute atomic E-state index is 1.13. The molecule has 0 N–H and O–H groups in total. The molecule has 0 saturated heterocycles. The van der Waals surface area contributed by atoms with Gasteiger partial charge in [0, 0.05) is 54.9 Å². The zero-order chi connectivity index (χ0) is 46.2. The van der Waals surface area contributed by atoms with E-state index in [1.165, 1.54) is 97.3 Å². The first kappa shape index (κ1) is 40.1. The summed E-state index contributed by atoms with van der Waals surface area (Å²) in [5.41, 5.74) is 13.0. The Morgan fingerprint density at radius 3 is 1.26 bits per heavy atom.